The number of piperidine rings is 1. The number of hydrogen-bond donors (Lipinski definition) is 2. The van der Waals surface area contributed by atoms with Gasteiger partial charge >= 0.3 is 0 Å². The number of amides is 1. The lowest BCUT2D eigenvalue weighted by Gasteiger charge is -2.36. The van der Waals surface area contributed by atoms with Crippen LogP contribution < -0.4 is 11.1 Å². The van der Waals surface area contributed by atoms with E-state index in [2.05, 4.69) is 41.4 Å². The molecule has 1 saturated carbocycles. The minimum Gasteiger partial charge on any atom is -0.354 e. The van der Waals surface area contributed by atoms with E-state index >= 15 is 0 Å². The summed E-state index contributed by atoms with van der Waals surface area (Å²) < 4.78 is 0. The van der Waals surface area contributed by atoms with Gasteiger partial charge in [0.25, 0.3) is 0 Å². The Hall–Kier alpha value is -1.39. The fraction of sp³-hybridized carbons (Fsp3) is 0.650. The summed E-state index contributed by atoms with van der Waals surface area (Å²) >= 11 is 0. The van der Waals surface area contributed by atoms with Crippen molar-refractivity contribution in [2.75, 3.05) is 19.6 Å². The number of rotatable bonds is 6. The smallest absolute Gasteiger partial charge is 0.240 e. The van der Waals surface area contributed by atoms with Crippen LogP contribution in [0.5, 0.6) is 0 Å². The lowest BCUT2D eigenvalue weighted by atomic mass is 9.77. The predicted octanol–water partition coefficient (Wildman–Crippen LogP) is 2.59. The lowest BCUT2D eigenvalue weighted by Crippen LogP contribution is -2.58. The quantitative estimate of drug-likeness (QED) is 0.843. The van der Waals surface area contributed by atoms with Crippen LogP contribution in [0.2, 0.25) is 0 Å². The van der Waals surface area contributed by atoms with Gasteiger partial charge in [-0.3, -0.25) is 9.69 Å². The van der Waals surface area contributed by atoms with Gasteiger partial charge in [0.05, 0.1) is 5.54 Å². The minimum atomic E-state index is -0.565. The number of likely N-dealkylation sites (tertiary alicyclic amines) is 1. The van der Waals surface area contributed by atoms with Gasteiger partial charge in [-0.25, -0.2) is 0 Å². The van der Waals surface area contributed by atoms with Crippen LogP contribution >= 0.6 is 0 Å². The Bertz CT molecular complexity index is 551. The van der Waals surface area contributed by atoms with Crippen LogP contribution in [0.4, 0.5) is 0 Å². The van der Waals surface area contributed by atoms with Crippen LogP contribution in [-0.2, 0) is 11.3 Å². The Morgan fingerprint density at radius 2 is 2.04 bits per heavy atom. The lowest BCUT2D eigenvalue weighted by molar-refractivity contribution is -0.129. The van der Waals surface area contributed by atoms with E-state index in [9.17, 15) is 4.79 Å². The molecule has 4 heteroatoms. The van der Waals surface area contributed by atoms with Crippen molar-refractivity contribution in [1.29, 1.82) is 0 Å². The van der Waals surface area contributed by atoms with Crippen molar-refractivity contribution >= 4 is 5.91 Å². The topological polar surface area (TPSA) is 58.4 Å². The first-order valence-corrected chi connectivity index (χ1v) is 9.40. The number of nitrogens with two attached hydrogens (primary N) is 1. The second-order valence-corrected chi connectivity index (χ2v) is 7.78. The molecule has 1 amide bonds. The molecular weight excluding hydrogens is 298 g/mol. The van der Waals surface area contributed by atoms with Crippen molar-refractivity contribution in [3.05, 3.63) is 35.4 Å². The SMILES string of the molecule is Cc1ccc(CN2CCC[C@@H](CCNC(=O)C3(N)CCC3)C2)cc1. The highest BCUT2D eigenvalue weighted by atomic mass is 16.2. The fourth-order valence-electron chi connectivity index (χ4n) is 3.83. The van der Waals surface area contributed by atoms with Crippen LogP contribution in [-0.4, -0.2) is 36.0 Å². The van der Waals surface area contributed by atoms with Crippen LogP contribution in [0, 0.1) is 12.8 Å². The zero-order valence-corrected chi connectivity index (χ0v) is 14.9. The average Bonchev–Trinajstić information content (AvgIpc) is 2.55. The maximum atomic E-state index is 12.1. The number of nitrogens with zero attached hydrogens (tertiary/aromatic N) is 1. The molecule has 4 nitrogen and oxygen atoms in total. The molecule has 1 aromatic rings. The molecule has 1 aliphatic heterocycles. The predicted molar refractivity (Wildman–Crippen MR) is 97.6 cm³/mol. The van der Waals surface area contributed by atoms with Crippen LogP contribution in [0.15, 0.2) is 24.3 Å². The van der Waals surface area contributed by atoms with Gasteiger partial charge in [-0.15, -0.1) is 0 Å². The molecule has 132 valence electrons. The Morgan fingerprint density at radius 3 is 2.71 bits per heavy atom. The zero-order valence-electron chi connectivity index (χ0n) is 14.9. The standard InChI is InChI=1S/C20H31N3O/c1-16-5-7-18(8-6-16)15-23-13-2-4-17(14-23)9-12-22-19(24)20(21)10-3-11-20/h5-8,17H,2-4,9-15,21H2,1H3,(H,22,24)/t17-/m0/s1. The largest absolute Gasteiger partial charge is 0.354 e. The van der Waals surface area contributed by atoms with Crippen LogP contribution in [0.1, 0.15) is 49.7 Å². The molecule has 24 heavy (non-hydrogen) atoms. The van der Waals surface area contributed by atoms with Gasteiger partial charge < -0.3 is 11.1 Å². The highest BCUT2D eigenvalue weighted by Crippen LogP contribution is 2.29. The number of aryl methyl sites for hydroxylation is 1. The summed E-state index contributed by atoms with van der Waals surface area (Å²) in [6, 6.07) is 8.85. The summed E-state index contributed by atoms with van der Waals surface area (Å²) in [6.45, 7) is 6.25. The van der Waals surface area contributed by atoms with Crippen molar-refractivity contribution in [2.45, 2.75) is 57.5 Å². The number of carbonyl (C=O) groups is 1. The van der Waals surface area contributed by atoms with Crippen LogP contribution in [0.25, 0.3) is 0 Å². The summed E-state index contributed by atoms with van der Waals surface area (Å²) in [7, 11) is 0. The number of benzene rings is 1. The van der Waals surface area contributed by atoms with Gasteiger partial charge in [-0.2, -0.15) is 0 Å². The van der Waals surface area contributed by atoms with Gasteiger partial charge in [0.15, 0.2) is 0 Å². The van der Waals surface area contributed by atoms with E-state index in [0.717, 1.165) is 45.3 Å². The molecule has 2 aliphatic rings. The van der Waals surface area contributed by atoms with Gasteiger partial charge in [-0.05, 0) is 63.5 Å². The third-order valence-electron chi connectivity index (χ3n) is 5.67. The van der Waals surface area contributed by atoms with Gasteiger partial charge in [0.1, 0.15) is 0 Å². The summed E-state index contributed by atoms with van der Waals surface area (Å²) in [6.07, 6.45) is 6.35. The van der Waals surface area contributed by atoms with Gasteiger partial charge in [0.2, 0.25) is 5.91 Å². The maximum Gasteiger partial charge on any atom is 0.240 e. The molecule has 0 bridgehead atoms. The van der Waals surface area contributed by atoms with E-state index in [1.54, 1.807) is 0 Å². The summed E-state index contributed by atoms with van der Waals surface area (Å²) in [5, 5.41) is 3.06. The second kappa shape index (κ2) is 7.66. The first kappa shape index (κ1) is 17.4. The van der Waals surface area contributed by atoms with Crippen molar-refractivity contribution < 1.29 is 4.79 Å². The monoisotopic (exact) mass is 329 g/mol. The van der Waals surface area contributed by atoms with Crippen molar-refractivity contribution in [3.8, 4) is 0 Å². The number of nitrogens with one attached hydrogen (secondary N) is 1. The summed E-state index contributed by atoms with van der Waals surface area (Å²) in [5.74, 6) is 0.737. The molecule has 0 radical (unpaired) electrons. The van der Waals surface area contributed by atoms with E-state index in [0.29, 0.717) is 5.92 Å². The normalized spacial score (nSPS) is 23.5. The fourth-order valence-corrected chi connectivity index (χ4v) is 3.83. The Labute approximate surface area is 145 Å². The first-order valence-electron chi connectivity index (χ1n) is 9.40. The molecule has 1 aromatic carbocycles. The van der Waals surface area contributed by atoms with Crippen molar-refractivity contribution in [2.24, 2.45) is 11.7 Å². The summed E-state index contributed by atoms with van der Waals surface area (Å²) in [5.41, 5.74) is 8.21. The highest BCUT2D eigenvalue weighted by Gasteiger charge is 2.39. The van der Waals surface area contributed by atoms with Crippen molar-refractivity contribution in [3.63, 3.8) is 0 Å². The number of carbonyl (C=O) groups excluding carboxylic acids is 1. The third kappa shape index (κ3) is 4.37. The van der Waals surface area contributed by atoms with E-state index in [-0.39, 0.29) is 5.91 Å². The van der Waals surface area contributed by atoms with E-state index in [1.807, 2.05) is 0 Å². The molecule has 3 N–H and O–H groups in total. The Balaban J connectivity index is 1.40. The molecule has 1 atom stereocenters. The minimum absolute atomic E-state index is 0.0565. The number of hydrogen-bond acceptors (Lipinski definition) is 3. The molecule has 1 saturated heterocycles. The second-order valence-electron chi connectivity index (χ2n) is 7.78. The van der Waals surface area contributed by atoms with Gasteiger partial charge in [-0.1, -0.05) is 29.8 Å². The highest BCUT2D eigenvalue weighted by molar-refractivity contribution is 5.86. The van der Waals surface area contributed by atoms with Crippen molar-refractivity contribution in [1.82, 2.24) is 10.2 Å². The third-order valence-corrected chi connectivity index (χ3v) is 5.67. The van der Waals surface area contributed by atoms with E-state index < -0.39 is 5.54 Å². The summed E-state index contributed by atoms with van der Waals surface area (Å²) in [4.78, 5) is 14.6. The Kier molecular flexibility index (Phi) is 5.57. The van der Waals surface area contributed by atoms with Gasteiger partial charge in [0, 0.05) is 19.6 Å². The molecule has 3 rings (SSSR count). The first-order chi connectivity index (χ1) is 11.5. The van der Waals surface area contributed by atoms with E-state index in [4.69, 9.17) is 5.73 Å². The Morgan fingerprint density at radius 1 is 1.29 bits per heavy atom. The molecule has 2 fully saturated rings. The molecule has 0 spiro atoms. The molecule has 1 aliphatic carbocycles. The molecular formula is C20H31N3O. The maximum absolute atomic E-state index is 12.1. The molecule has 1 heterocycles. The average molecular weight is 329 g/mol. The zero-order chi connectivity index (χ0) is 17.0. The molecule has 0 aromatic heterocycles. The van der Waals surface area contributed by atoms with E-state index in [1.165, 1.54) is 30.5 Å². The van der Waals surface area contributed by atoms with Crippen LogP contribution in [0.3, 0.4) is 0 Å². The molecule has 0 unspecified atom stereocenters.